The second kappa shape index (κ2) is 5.39. The molecule has 1 aromatic carbocycles. The third-order valence-electron chi connectivity index (χ3n) is 3.60. The molecular weight excluding hydrogens is 291 g/mol. The average molecular weight is 309 g/mol. The summed E-state index contributed by atoms with van der Waals surface area (Å²) in [6, 6.07) is 6.84. The summed E-state index contributed by atoms with van der Waals surface area (Å²) in [6.07, 6.45) is 3.73. The van der Waals surface area contributed by atoms with Gasteiger partial charge in [-0.25, -0.2) is 0 Å². The molecule has 18 heavy (non-hydrogen) atoms. The van der Waals surface area contributed by atoms with Gasteiger partial charge in [0.2, 0.25) is 0 Å². The number of fused-ring (bicyclic) bond motifs is 1. The molecule has 0 aliphatic carbocycles. The predicted octanol–water partition coefficient (Wildman–Crippen LogP) is 1.58. The Kier molecular flexibility index (Phi) is 3.64. The van der Waals surface area contributed by atoms with Crippen molar-refractivity contribution in [3.05, 3.63) is 18.2 Å². The third kappa shape index (κ3) is 2.58. The van der Waals surface area contributed by atoms with E-state index in [4.69, 9.17) is 0 Å². The van der Waals surface area contributed by atoms with E-state index in [9.17, 15) is 0 Å². The Morgan fingerprint density at radius 2 is 2.22 bits per heavy atom. The average Bonchev–Trinajstić information content (AvgIpc) is 2.76. The second-order valence-electron chi connectivity index (χ2n) is 5.01. The number of nitrogens with zero attached hydrogens (tertiary/aromatic N) is 3. The van der Waals surface area contributed by atoms with Crippen LogP contribution in [-0.2, 0) is 0 Å². The molecule has 0 bridgehead atoms. The van der Waals surface area contributed by atoms with Crippen molar-refractivity contribution in [2.45, 2.75) is 25.3 Å². The molecule has 0 radical (unpaired) electrons. The molecule has 1 unspecified atom stereocenters. The Labute approximate surface area is 114 Å². The normalized spacial score (nSPS) is 21.9. The molecular formula is C13H18N4Se. The van der Waals surface area contributed by atoms with E-state index in [0.29, 0.717) is 6.04 Å². The first-order valence-electron chi connectivity index (χ1n) is 6.49. The van der Waals surface area contributed by atoms with Gasteiger partial charge in [-0.05, 0) is 0 Å². The van der Waals surface area contributed by atoms with Gasteiger partial charge in [-0.1, -0.05) is 0 Å². The van der Waals surface area contributed by atoms with E-state index in [0.717, 1.165) is 11.0 Å². The fourth-order valence-corrected chi connectivity index (χ4v) is 3.68. The Morgan fingerprint density at radius 3 is 3.17 bits per heavy atom. The van der Waals surface area contributed by atoms with E-state index >= 15 is 0 Å². The third-order valence-corrected chi connectivity index (χ3v) is 4.74. The first-order chi connectivity index (χ1) is 8.83. The zero-order valence-electron chi connectivity index (χ0n) is 10.6. The minimum atomic E-state index is 0.0593. The Hall–Kier alpha value is -0.901. The summed E-state index contributed by atoms with van der Waals surface area (Å²) in [5.74, 6) is 0. The van der Waals surface area contributed by atoms with Gasteiger partial charge in [-0.3, -0.25) is 0 Å². The molecule has 1 aliphatic heterocycles. The molecule has 1 saturated heterocycles. The number of hydrogen-bond donors (Lipinski definition) is 1. The van der Waals surface area contributed by atoms with Crippen LogP contribution in [0.2, 0.25) is 0 Å². The van der Waals surface area contributed by atoms with Gasteiger partial charge in [-0.15, -0.1) is 0 Å². The Bertz CT molecular complexity index is 524. The maximum atomic E-state index is 4.53. The van der Waals surface area contributed by atoms with Gasteiger partial charge in [0, 0.05) is 0 Å². The van der Waals surface area contributed by atoms with Crippen LogP contribution in [0.3, 0.4) is 0 Å². The summed E-state index contributed by atoms with van der Waals surface area (Å²) in [6.45, 7) is 2.39. The molecule has 0 saturated carbocycles. The van der Waals surface area contributed by atoms with Gasteiger partial charge in [0.1, 0.15) is 0 Å². The molecule has 1 aliphatic rings. The van der Waals surface area contributed by atoms with Crippen molar-refractivity contribution in [2.24, 2.45) is 0 Å². The summed E-state index contributed by atoms with van der Waals surface area (Å²) < 4.78 is 8.96. The van der Waals surface area contributed by atoms with Crippen LogP contribution < -0.4 is 5.32 Å². The van der Waals surface area contributed by atoms with Gasteiger partial charge in [0.05, 0.1) is 0 Å². The van der Waals surface area contributed by atoms with Gasteiger partial charge < -0.3 is 0 Å². The van der Waals surface area contributed by atoms with E-state index < -0.39 is 0 Å². The first-order valence-corrected chi connectivity index (χ1v) is 8.02. The molecule has 0 amide bonds. The molecule has 96 valence electrons. The van der Waals surface area contributed by atoms with Gasteiger partial charge in [-0.2, -0.15) is 0 Å². The fraction of sp³-hybridized carbons (Fsp3) is 0.538. The SMILES string of the molecule is CN1CCCC(Nc2cccc3n[se]nc23)CC1. The number of likely N-dealkylation sites (tertiary alicyclic amines) is 1. The van der Waals surface area contributed by atoms with E-state index in [1.165, 1.54) is 38.0 Å². The Balaban J connectivity index is 1.77. The van der Waals surface area contributed by atoms with E-state index in [1.54, 1.807) is 0 Å². The van der Waals surface area contributed by atoms with Crippen molar-refractivity contribution in [1.29, 1.82) is 0 Å². The van der Waals surface area contributed by atoms with Crippen LogP contribution in [0.25, 0.3) is 11.0 Å². The summed E-state index contributed by atoms with van der Waals surface area (Å²) in [7, 11) is 2.21. The zero-order valence-corrected chi connectivity index (χ0v) is 12.3. The van der Waals surface area contributed by atoms with Gasteiger partial charge in [0.25, 0.3) is 0 Å². The number of aromatic nitrogens is 2. The molecule has 0 spiro atoms. The van der Waals surface area contributed by atoms with Crippen molar-refractivity contribution in [3.8, 4) is 0 Å². The number of rotatable bonds is 2. The molecule has 2 heterocycles. The van der Waals surface area contributed by atoms with Crippen LogP contribution in [0.4, 0.5) is 5.69 Å². The molecule has 1 aromatic heterocycles. The van der Waals surface area contributed by atoms with E-state index in [1.807, 2.05) is 0 Å². The fourth-order valence-electron chi connectivity index (χ4n) is 2.53. The topological polar surface area (TPSA) is 41.0 Å². The van der Waals surface area contributed by atoms with Crippen LogP contribution in [0, 0.1) is 0 Å². The molecule has 5 heteroatoms. The van der Waals surface area contributed by atoms with Crippen molar-refractivity contribution >= 4 is 31.7 Å². The maximum absolute atomic E-state index is 4.53. The van der Waals surface area contributed by atoms with Crippen LogP contribution in [0.1, 0.15) is 19.3 Å². The number of benzene rings is 1. The van der Waals surface area contributed by atoms with Crippen molar-refractivity contribution in [2.75, 3.05) is 25.5 Å². The van der Waals surface area contributed by atoms with Gasteiger partial charge >= 0.3 is 113 Å². The number of hydrogen-bond acceptors (Lipinski definition) is 4. The van der Waals surface area contributed by atoms with Crippen molar-refractivity contribution in [1.82, 2.24) is 12.9 Å². The number of anilines is 1. The van der Waals surface area contributed by atoms with E-state index in [-0.39, 0.29) is 15.0 Å². The molecule has 1 fully saturated rings. The van der Waals surface area contributed by atoms with Crippen LogP contribution in [-0.4, -0.2) is 54.0 Å². The van der Waals surface area contributed by atoms with Crippen LogP contribution in [0.15, 0.2) is 18.2 Å². The van der Waals surface area contributed by atoms with Crippen LogP contribution >= 0.6 is 0 Å². The summed E-state index contributed by atoms with van der Waals surface area (Å²) in [5, 5.41) is 3.67. The summed E-state index contributed by atoms with van der Waals surface area (Å²) in [5.41, 5.74) is 3.31. The van der Waals surface area contributed by atoms with Crippen molar-refractivity contribution < 1.29 is 0 Å². The predicted molar refractivity (Wildman–Crippen MR) is 75.2 cm³/mol. The molecule has 1 atom stereocenters. The summed E-state index contributed by atoms with van der Waals surface area (Å²) >= 11 is 0.0593. The monoisotopic (exact) mass is 310 g/mol. The van der Waals surface area contributed by atoms with Gasteiger partial charge in [0.15, 0.2) is 0 Å². The van der Waals surface area contributed by atoms with Crippen molar-refractivity contribution in [3.63, 3.8) is 0 Å². The van der Waals surface area contributed by atoms with E-state index in [2.05, 4.69) is 43.4 Å². The zero-order chi connectivity index (χ0) is 12.4. The molecule has 1 N–H and O–H groups in total. The molecule has 2 aromatic rings. The molecule has 4 nitrogen and oxygen atoms in total. The molecule has 3 rings (SSSR count). The summed E-state index contributed by atoms with van der Waals surface area (Å²) in [4.78, 5) is 2.42. The first kappa shape index (κ1) is 12.1. The second-order valence-corrected chi connectivity index (χ2v) is 6.12. The number of nitrogens with one attached hydrogen (secondary N) is 1. The Morgan fingerprint density at radius 1 is 1.28 bits per heavy atom. The standard InChI is InChI=1S/C13H18N4Se/c1-17-8-3-4-10(7-9-17)14-11-5-2-6-12-13(11)16-18-15-12/h2,5-6,10,14H,3-4,7-9H2,1H3. The quantitative estimate of drug-likeness (QED) is 0.855. The van der Waals surface area contributed by atoms with Crippen LogP contribution in [0.5, 0.6) is 0 Å². The minimum absolute atomic E-state index is 0.0593.